The van der Waals surface area contributed by atoms with Crippen LogP contribution in [0.3, 0.4) is 0 Å². The van der Waals surface area contributed by atoms with E-state index in [9.17, 15) is 9.59 Å². The second-order valence-corrected chi connectivity index (χ2v) is 5.23. The number of carbonyl (C=O) groups excluding carboxylic acids is 1. The first kappa shape index (κ1) is 14.4. The Bertz CT molecular complexity index is 475. The number of aliphatic carboxylic acids is 1. The normalized spacial score (nSPS) is 19.6. The molecule has 1 aromatic carbocycles. The highest BCUT2D eigenvalue weighted by Gasteiger charge is 2.34. The quantitative estimate of drug-likeness (QED) is 0.882. The van der Waals surface area contributed by atoms with Gasteiger partial charge in [0.1, 0.15) is 6.04 Å². The Morgan fingerprint density at radius 3 is 2.75 bits per heavy atom. The van der Waals surface area contributed by atoms with Crippen LogP contribution in [0.2, 0.25) is 0 Å². The van der Waals surface area contributed by atoms with Gasteiger partial charge in [0.05, 0.1) is 0 Å². The van der Waals surface area contributed by atoms with Gasteiger partial charge in [0.2, 0.25) is 0 Å². The minimum Gasteiger partial charge on any atom is -0.480 e. The second-order valence-electron chi connectivity index (χ2n) is 5.23. The van der Waals surface area contributed by atoms with E-state index in [0.29, 0.717) is 13.0 Å². The van der Waals surface area contributed by atoms with Crippen LogP contribution < -0.4 is 5.32 Å². The van der Waals surface area contributed by atoms with Crippen LogP contribution in [0.5, 0.6) is 0 Å². The van der Waals surface area contributed by atoms with Gasteiger partial charge in [-0.25, -0.2) is 9.59 Å². The van der Waals surface area contributed by atoms with E-state index >= 15 is 0 Å². The van der Waals surface area contributed by atoms with Gasteiger partial charge in [0, 0.05) is 12.6 Å². The number of carboxylic acids is 1. The molecule has 1 fully saturated rings. The SMILES string of the molecule is CC(Cc1ccccc1)NC(=O)N1CCC[C@H]1C(=O)O. The van der Waals surface area contributed by atoms with Gasteiger partial charge in [-0.15, -0.1) is 0 Å². The van der Waals surface area contributed by atoms with Crippen LogP contribution in [0.4, 0.5) is 4.79 Å². The fraction of sp³-hybridized carbons (Fsp3) is 0.467. The van der Waals surface area contributed by atoms with E-state index in [2.05, 4.69) is 5.32 Å². The summed E-state index contributed by atoms with van der Waals surface area (Å²) in [5.41, 5.74) is 1.15. The number of hydrogen-bond donors (Lipinski definition) is 2. The van der Waals surface area contributed by atoms with Crippen LogP contribution in [0.1, 0.15) is 25.3 Å². The molecule has 0 aromatic heterocycles. The molecule has 1 saturated heterocycles. The monoisotopic (exact) mass is 276 g/mol. The van der Waals surface area contributed by atoms with E-state index in [1.165, 1.54) is 4.90 Å². The van der Waals surface area contributed by atoms with Crippen molar-refractivity contribution in [3.63, 3.8) is 0 Å². The predicted molar refractivity (Wildman–Crippen MR) is 75.5 cm³/mol. The third-order valence-corrected chi connectivity index (χ3v) is 3.55. The van der Waals surface area contributed by atoms with Crippen molar-refractivity contribution in [2.45, 2.75) is 38.3 Å². The maximum atomic E-state index is 12.1. The summed E-state index contributed by atoms with van der Waals surface area (Å²) < 4.78 is 0. The largest absolute Gasteiger partial charge is 0.480 e. The molecule has 0 radical (unpaired) electrons. The van der Waals surface area contributed by atoms with E-state index < -0.39 is 12.0 Å². The number of carboxylic acid groups (broad SMARTS) is 1. The number of rotatable bonds is 4. The van der Waals surface area contributed by atoms with Gasteiger partial charge in [0.15, 0.2) is 0 Å². The summed E-state index contributed by atoms with van der Waals surface area (Å²) >= 11 is 0. The van der Waals surface area contributed by atoms with Gasteiger partial charge < -0.3 is 15.3 Å². The minimum absolute atomic E-state index is 0.0278. The lowest BCUT2D eigenvalue weighted by Gasteiger charge is -2.24. The first-order valence-corrected chi connectivity index (χ1v) is 6.92. The van der Waals surface area contributed by atoms with E-state index in [1.807, 2.05) is 37.3 Å². The number of amides is 2. The van der Waals surface area contributed by atoms with E-state index in [1.54, 1.807) is 0 Å². The molecule has 1 aromatic rings. The standard InChI is InChI=1S/C15H20N2O3/c1-11(10-12-6-3-2-4-7-12)16-15(20)17-9-5-8-13(17)14(18)19/h2-4,6-7,11,13H,5,8-10H2,1H3,(H,16,20)(H,18,19)/t11?,13-/m0/s1. The fourth-order valence-corrected chi connectivity index (χ4v) is 2.58. The molecular weight excluding hydrogens is 256 g/mol. The second kappa shape index (κ2) is 6.41. The van der Waals surface area contributed by atoms with Crippen LogP contribution in [0, 0.1) is 0 Å². The molecule has 1 aliphatic heterocycles. The Morgan fingerprint density at radius 1 is 1.40 bits per heavy atom. The molecule has 2 atom stereocenters. The molecule has 5 nitrogen and oxygen atoms in total. The van der Waals surface area contributed by atoms with Gasteiger partial charge in [-0.05, 0) is 31.7 Å². The molecule has 0 bridgehead atoms. The number of nitrogens with zero attached hydrogens (tertiary/aromatic N) is 1. The summed E-state index contributed by atoms with van der Waals surface area (Å²) in [7, 11) is 0. The Balaban J connectivity index is 1.89. The number of likely N-dealkylation sites (tertiary alicyclic amines) is 1. The third-order valence-electron chi connectivity index (χ3n) is 3.55. The maximum absolute atomic E-state index is 12.1. The molecule has 1 aliphatic rings. The lowest BCUT2D eigenvalue weighted by Crippen LogP contribution is -2.48. The molecule has 0 aliphatic carbocycles. The lowest BCUT2D eigenvalue weighted by atomic mass is 10.1. The van der Waals surface area contributed by atoms with Gasteiger partial charge in [-0.1, -0.05) is 30.3 Å². The van der Waals surface area contributed by atoms with Crippen LogP contribution in [0.15, 0.2) is 30.3 Å². The highest BCUT2D eigenvalue weighted by Crippen LogP contribution is 2.17. The summed E-state index contributed by atoms with van der Waals surface area (Å²) in [6, 6.07) is 8.92. The van der Waals surface area contributed by atoms with Crippen molar-refractivity contribution in [2.75, 3.05) is 6.54 Å². The molecule has 2 amide bonds. The minimum atomic E-state index is -0.923. The smallest absolute Gasteiger partial charge is 0.326 e. The molecule has 5 heteroatoms. The van der Waals surface area contributed by atoms with Crippen molar-refractivity contribution < 1.29 is 14.7 Å². The van der Waals surface area contributed by atoms with Crippen molar-refractivity contribution in [1.82, 2.24) is 10.2 Å². The van der Waals surface area contributed by atoms with Gasteiger partial charge in [0.25, 0.3) is 0 Å². The van der Waals surface area contributed by atoms with Crippen molar-refractivity contribution in [3.05, 3.63) is 35.9 Å². The van der Waals surface area contributed by atoms with Crippen molar-refractivity contribution in [1.29, 1.82) is 0 Å². The summed E-state index contributed by atoms with van der Waals surface area (Å²) in [6.45, 7) is 2.44. The molecule has 2 rings (SSSR count). The highest BCUT2D eigenvalue weighted by molar-refractivity contribution is 5.83. The van der Waals surface area contributed by atoms with Crippen molar-refractivity contribution in [2.24, 2.45) is 0 Å². The third kappa shape index (κ3) is 3.50. The van der Waals surface area contributed by atoms with Crippen molar-refractivity contribution in [3.8, 4) is 0 Å². The van der Waals surface area contributed by atoms with E-state index in [0.717, 1.165) is 18.4 Å². The Kier molecular flexibility index (Phi) is 4.61. The van der Waals surface area contributed by atoms with E-state index in [-0.39, 0.29) is 12.1 Å². The first-order chi connectivity index (χ1) is 9.58. The highest BCUT2D eigenvalue weighted by atomic mass is 16.4. The average Bonchev–Trinajstić information content (AvgIpc) is 2.89. The summed E-state index contributed by atoms with van der Waals surface area (Å²) in [5.74, 6) is -0.923. The summed E-state index contributed by atoms with van der Waals surface area (Å²) in [6.07, 6.45) is 2.02. The fourth-order valence-electron chi connectivity index (χ4n) is 2.58. The van der Waals surface area contributed by atoms with Crippen LogP contribution in [-0.2, 0) is 11.2 Å². The molecule has 20 heavy (non-hydrogen) atoms. The van der Waals surface area contributed by atoms with Crippen LogP contribution >= 0.6 is 0 Å². The van der Waals surface area contributed by atoms with Gasteiger partial charge in [-0.3, -0.25) is 0 Å². The lowest BCUT2D eigenvalue weighted by molar-refractivity contribution is -0.141. The Labute approximate surface area is 118 Å². The molecule has 2 N–H and O–H groups in total. The molecule has 1 unspecified atom stereocenters. The topological polar surface area (TPSA) is 69.6 Å². The molecule has 0 spiro atoms. The Hall–Kier alpha value is -2.04. The number of benzene rings is 1. The zero-order chi connectivity index (χ0) is 14.5. The van der Waals surface area contributed by atoms with Gasteiger partial charge >= 0.3 is 12.0 Å². The molecule has 0 saturated carbocycles. The first-order valence-electron chi connectivity index (χ1n) is 6.92. The van der Waals surface area contributed by atoms with Gasteiger partial charge in [-0.2, -0.15) is 0 Å². The van der Waals surface area contributed by atoms with Crippen LogP contribution in [-0.4, -0.2) is 40.6 Å². The number of nitrogens with one attached hydrogen (secondary N) is 1. The molecule has 1 heterocycles. The summed E-state index contributed by atoms with van der Waals surface area (Å²) in [4.78, 5) is 24.6. The number of carbonyl (C=O) groups is 2. The molecule has 108 valence electrons. The van der Waals surface area contributed by atoms with Crippen LogP contribution in [0.25, 0.3) is 0 Å². The zero-order valence-corrected chi connectivity index (χ0v) is 11.6. The number of urea groups is 1. The predicted octanol–water partition coefficient (Wildman–Crippen LogP) is 1.88. The van der Waals surface area contributed by atoms with Crippen molar-refractivity contribution >= 4 is 12.0 Å². The number of hydrogen-bond acceptors (Lipinski definition) is 2. The molecular formula is C15H20N2O3. The summed E-state index contributed by atoms with van der Waals surface area (Å²) in [5, 5.41) is 12.0. The maximum Gasteiger partial charge on any atom is 0.326 e. The van der Waals surface area contributed by atoms with E-state index in [4.69, 9.17) is 5.11 Å². The average molecular weight is 276 g/mol. The zero-order valence-electron chi connectivity index (χ0n) is 11.6. The Morgan fingerprint density at radius 2 is 2.10 bits per heavy atom.